The van der Waals surface area contributed by atoms with Crippen LogP contribution in [0.25, 0.3) is 0 Å². The molecule has 0 bridgehead atoms. The summed E-state index contributed by atoms with van der Waals surface area (Å²) in [4.78, 5) is 13.6. The van der Waals surface area contributed by atoms with Crippen molar-refractivity contribution in [3.05, 3.63) is 65.2 Å². The van der Waals surface area contributed by atoms with E-state index in [1.165, 1.54) is 4.90 Å². The van der Waals surface area contributed by atoms with E-state index >= 15 is 0 Å². The lowest BCUT2D eigenvalue weighted by Crippen LogP contribution is -2.26. The van der Waals surface area contributed by atoms with E-state index in [2.05, 4.69) is 0 Å². The fourth-order valence-corrected chi connectivity index (χ4v) is 2.80. The number of ether oxygens (including phenoxy) is 2. The quantitative estimate of drug-likeness (QED) is 0.436. The van der Waals surface area contributed by atoms with Crippen molar-refractivity contribution in [2.45, 2.75) is 12.7 Å². The summed E-state index contributed by atoms with van der Waals surface area (Å²) in [5, 5.41) is 15.0. The number of rotatable bonds is 7. The number of cyclic esters (lactones) is 1. The first kappa shape index (κ1) is 18.4. The number of nitrogens with zero attached hydrogens (tertiary/aromatic N) is 1. The summed E-state index contributed by atoms with van der Waals surface area (Å²) in [6, 6.07) is 14.2. The Labute approximate surface area is 156 Å². The summed E-state index contributed by atoms with van der Waals surface area (Å²) in [6.07, 6.45) is -0.850. The highest BCUT2D eigenvalue weighted by Crippen LogP contribution is 2.23. The zero-order chi connectivity index (χ0) is 19.4. The van der Waals surface area contributed by atoms with Crippen molar-refractivity contribution in [1.82, 2.24) is 0 Å². The van der Waals surface area contributed by atoms with E-state index in [4.69, 9.17) is 31.8 Å². The van der Waals surface area contributed by atoms with Crippen molar-refractivity contribution in [3.8, 4) is 0 Å². The van der Waals surface area contributed by atoms with Gasteiger partial charge in [-0.05, 0) is 23.8 Å². The molecule has 3 rings (SSSR count). The third-order valence-corrected chi connectivity index (χ3v) is 4.15. The van der Waals surface area contributed by atoms with Gasteiger partial charge in [-0.15, -0.1) is 0 Å². The second kappa shape index (κ2) is 7.88. The van der Waals surface area contributed by atoms with Gasteiger partial charge in [-0.25, -0.2) is 4.79 Å². The van der Waals surface area contributed by atoms with Crippen LogP contribution in [0.3, 0.4) is 0 Å². The minimum absolute atomic E-state index is 0.00464. The smallest absolute Gasteiger partial charge is 0.414 e. The lowest BCUT2D eigenvalue weighted by atomic mass is 10.1. The van der Waals surface area contributed by atoms with E-state index in [1.807, 2.05) is 12.1 Å². The number of nitrogens with two attached hydrogens (primary N) is 2. The first-order valence-electron chi connectivity index (χ1n) is 8.37. The number of amidine groups is 2. The van der Waals surface area contributed by atoms with Gasteiger partial charge in [-0.1, -0.05) is 30.3 Å². The second-order valence-electron chi connectivity index (χ2n) is 6.21. The van der Waals surface area contributed by atoms with Crippen LogP contribution >= 0.6 is 0 Å². The number of anilines is 1. The SMILES string of the molecule is N=C(N)c1cccc(COCC2CN(c3cccc(C(=N)N)c3)C(=O)O2)c1. The Morgan fingerprint density at radius 3 is 2.48 bits per heavy atom. The molecule has 6 N–H and O–H groups in total. The molecule has 1 unspecified atom stereocenters. The topological polar surface area (TPSA) is 139 Å². The molecule has 2 aromatic carbocycles. The third kappa shape index (κ3) is 4.42. The molecule has 1 atom stereocenters. The van der Waals surface area contributed by atoms with E-state index in [-0.39, 0.29) is 18.3 Å². The number of hydrogen-bond donors (Lipinski definition) is 4. The van der Waals surface area contributed by atoms with Gasteiger partial charge in [-0.2, -0.15) is 0 Å². The summed E-state index contributed by atoms with van der Waals surface area (Å²) in [6.45, 7) is 0.932. The highest BCUT2D eigenvalue weighted by molar-refractivity contribution is 5.97. The molecule has 0 radical (unpaired) electrons. The lowest BCUT2D eigenvalue weighted by molar-refractivity contribution is 0.0381. The molecule has 140 valence electrons. The normalized spacial score (nSPS) is 16.2. The average Bonchev–Trinajstić information content (AvgIpc) is 3.02. The van der Waals surface area contributed by atoms with Crippen molar-refractivity contribution in [2.75, 3.05) is 18.1 Å². The maximum Gasteiger partial charge on any atom is 0.414 e. The van der Waals surface area contributed by atoms with E-state index in [9.17, 15) is 4.79 Å². The summed E-state index contributed by atoms with van der Waals surface area (Å²) in [5.74, 6) is -0.0536. The summed E-state index contributed by atoms with van der Waals surface area (Å²) < 4.78 is 11.0. The van der Waals surface area contributed by atoms with Crippen LogP contribution in [0.2, 0.25) is 0 Å². The largest absolute Gasteiger partial charge is 0.441 e. The molecule has 0 aliphatic carbocycles. The molecule has 1 heterocycles. The van der Waals surface area contributed by atoms with Gasteiger partial charge in [0.25, 0.3) is 0 Å². The van der Waals surface area contributed by atoms with Gasteiger partial charge in [0.2, 0.25) is 0 Å². The number of nitrogen functional groups attached to an aromatic ring is 2. The van der Waals surface area contributed by atoms with Crippen molar-refractivity contribution in [3.63, 3.8) is 0 Å². The van der Waals surface area contributed by atoms with Crippen LogP contribution in [-0.2, 0) is 16.1 Å². The van der Waals surface area contributed by atoms with Crippen molar-refractivity contribution in [1.29, 1.82) is 10.8 Å². The van der Waals surface area contributed by atoms with Crippen LogP contribution in [0.5, 0.6) is 0 Å². The van der Waals surface area contributed by atoms with Crippen LogP contribution < -0.4 is 16.4 Å². The third-order valence-electron chi connectivity index (χ3n) is 4.15. The zero-order valence-corrected chi connectivity index (χ0v) is 14.6. The molecule has 8 nitrogen and oxygen atoms in total. The Kier molecular flexibility index (Phi) is 5.37. The minimum atomic E-state index is -0.456. The first-order chi connectivity index (χ1) is 12.9. The van der Waals surface area contributed by atoms with Crippen LogP contribution in [-0.4, -0.2) is 37.0 Å². The Hall–Kier alpha value is -3.39. The van der Waals surface area contributed by atoms with E-state index in [0.717, 1.165) is 5.56 Å². The second-order valence-corrected chi connectivity index (χ2v) is 6.21. The number of carbonyl (C=O) groups is 1. The molecule has 0 spiro atoms. The Morgan fingerprint density at radius 1 is 1.11 bits per heavy atom. The molecule has 1 amide bonds. The molecule has 0 saturated carbocycles. The molecule has 27 heavy (non-hydrogen) atoms. The summed E-state index contributed by atoms with van der Waals surface area (Å²) >= 11 is 0. The van der Waals surface area contributed by atoms with Crippen molar-refractivity contribution < 1.29 is 14.3 Å². The number of carbonyl (C=O) groups excluding carboxylic acids is 1. The Bertz CT molecular complexity index is 883. The fraction of sp³-hybridized carbons (Fsp3) is 0.211. The lowest BCUT2D eigenvalue weighted by Gasteiger charge is -2.14. The monoisotopic (exact) mass is 367 g/mol. The number of benzene rings is 2. The van der Waals surface area contributed by atoms with Gasteiger partial charge in [0, 0.05) is 16.8 Å². The van der Waals surface area contributed by atoms with Gasteiger partial charge in [0.15, 0.2) is 0 Å². The maximum absolute atomic E-state index is 12.1. The molecular formula is C19H21N5O3. The van der Waals surface area contributed by atoms with Gasteiger partial charge in [0.1, 0.15) is 17.8 Å². The van der Waals surface area contributed by atoms with Crippen molar-refractivity contribution >= 4 is 23.5 Å². The number of amides is 1. The predicted molar refractivity (Wildman–Crippen MR) is 102 cm³/mol. The maximum atomic E-state index is 12.1. The Balaban J connectivity index is 1.57. The molecule has 0 aromatic heterocycles. The standard InChI is InChI=1S/C19H21N5O3/c20-17(21)13-4-1-3-12(7-13)10-26-11-16-9-24(19(25)27-16)15-6-2-5-14(8-15)18(22)23/h1-8,16H,9-11H2,(H3,20,21)(H3,22,23). The molecule has 1 saturated heterocycles. The van der Waals surface area contributed by atoms with Gasteiger partial charge >= 0.3 is 6.09 Å². The summed E-state index contributed by atoms with van der Waals surface area (Å²) in [5.41, 5.74) is 13.7. The van der Waals surface area contributed by atoms with E-state index < -0.39 is 12.2 Å². The molecule has 1 aliphatic rings. The van der Waals surface area contributed by atoms with E-state index in [0.29, 0.717) is 30.0 Å². The van der Waals surface area contributed by atoms with Gasteiger partial charge < -0.3 is 20.9 Å². The van der Waals surface area contributed by atoms with Crippen molar-refractivity contribution in [2.24, 2.45) is 11.5 Å². The van der Waals surface area contributed by atoms with Gasteiger partial charge in [-0.3, -0.25) is 15.7 Å². The van der Waals surface area contributed by atoms with Crippen LogP contribution in [0.4, 0.5) is 10.5 Å². The predicted octanol–water partition coefficient (Wildman–Crippen LogP) is 1.80. The Morgan fingerprint density at radius 2 is 1.78 bits per heavy atom. The van der Waals surface area contributed by atoms with Crippen LogP contribution in [0, 0.1) is 10.8 Å². The van der Waals surface area contributed by atoms with Crippen LogP contribution in [0.1, 0.15) is 16.7 Å². The zero-order valence-electron chi connectivity index (χ0n) is 14.6. The highest BCUT2D eigenvalue weighted by atomic mass is 16.6. The number of hydrogen-bond acceptors (Lipinski definition) is 5. The molecular weight excluding hydrogens is 346 g/mol. The average molecular weight is 367 g/mol. The summed E-state index contributed by atoms with van der Waals surface area (Å²) in [7, 11) is 0. The highest BCUT2D eigenvalue weighted by Gasteiger charge is 2.32. The first-order valence-corrected chi connectivity index (χ1v) is 8.37. The molecule has 1 aliphatic heterocycles. The molecule has 2 aromatic rings. The number of nitrogens with one attached hydrogen (secondary N) is 2. The minimum Gasteiger partial charge on any atom is -0.441 e. The van der Waals surface area contributed by atoms with Gasteiger partial charge in [0.05, 0.1) is 19.8 Å². The van der Waals surface area contributed by atoms with Crippen LogP contribution in [0.15, 0.2) is 48.5 Å². The van der Waals surface area contributed by atoms with E-state index in [1.54, 1.807) is 36.4 Å². The fourth-order valence-electron chi connectivity index (χ4n) is 2.80. The molecule has 8 heteroatoms. The molecule has 1 fully saturated rings.